The Labute approximate surface area is 109 Å². The van der Waals surface area contributed by atoms with E-state index in [4.69, 9.17) is 16.3 Å². The van der Waals surface area contributed by atoms with Crippen molar-refractivity contribution >= 4 is 27.5 Å². The molecule has 0 saturated heterocycles. The molecule has 1 aromatic carbocycles. The molecule has 0 saturated carbocycles. The summed E-state index contributed by atoms with van der Waals surface area (Å²) in [5.74, 6) is 0.934. The number of fused-ring (bicyclic) bond motifs is 1. The molecule has 1 aliphatic heterocycles. The standard InChI is InChI=1S/C12H15BrClNO/c1-2-4-15-11-3-5-16-12-9(11)6-8(14)7-10(12)13/h6-7,11,15H,2-5H2,1H3. The van der Waals surface area contributed by atoms with E-state index >= 15 is 0 Å². The fourth-order valence-electron chi connectivity index (χ4n) is 1.96. The zero-order chi connectivity index (χ0) is 11.5. The van der Waals surface area contributed by atoms with E-state index in [2.05, 4.69) is 28.2 Å². The molecule has 88 valence electrons. The monoisotopic (exact) mass is 303 g/mol. The average molecular weight is 305 g/mol. The summed E-state index contributed by atoms with van der Waals surface area (Å²) in [6, 6.07) is 4.23. The zero-order valence-electron chi connectivity index (χ0n) is 9.22. The Bertz CT molecular complexity index is 384. The summed E-state index contributed by atoms with van der Waals surface area (Å²) >= 11 is 9.56. The van der Waals surface area contributed by atoms with Crippen molar-refractivity contribution in [1.82, 2.24) is 5.32 Å². The molecule has 0 fully saturated rings. The van der Waals surface area contributed by atoms with Gasteiger partial charge in [0.2, 0.25) is 0 Å². The molecule has 0 bridgehead atoms. The summed E-state index contributed by atoms with van der Waals surface area (Å²) in [7, 11) is 0. The van der Waals surface area contributed by atoms with Gasteiger partial charge in [-0.2, -0.15) is 0 Å². The first-order valence-electron chi connectivity index (χ1n) is 5.57. The van der Waals surface area contributed by atoms with E-state index in [1.165, 1.54) is 5.56 Å². The molecule has 0 amide bonds. The fourth-order valence-corrected chi connectivity index (χ4v) is 2.90. The topological polar surface area (TPSA) is 21.3 Å². The Morgan fingerprint density at radius 1 is 1.56 bits per heavy atom. The van der Waals surface area contributed by atoms with E-state index in [9.17, 15) is 0 Å². The van der Waals surface area contributed by atoms with Gasteiger partial charge in [-0.3, -0.25) is 0 Å². The maximum Gasteiger partial charge on any atom is 0.138 e. The van der Waals surface area contributed by atoms with Crippen LogP contribution in [0.15, 0.2) is 16.6 Å². The van der Waals surface area contributed by atoms with Gasteiger partial charge in [-0.25, -0.2) is 0 Å². The predicted octanol–water partition coefficient (Wildman–Crippen LogP) is 3.93. The third-order valence-corrected chi connectivity index (χ3v) is 3.51. The van der Waals surface area contributed by atoms with Crippen molar-refractivity contribution in [1.29, 1.82) is 0 Å². The van der Waals surface area contributed by atoms with Crippen LogP contribution >= 0.6 is 27.5 Å². The predicted molar refractivity (Wildman–Crippen MR) is 70.3 cm³/mol. The first-order valence-corrected chi connectivity index (χ1v) is 6.74. The third kappa shape index (κ3) is 2.53. The summed E-state index contributed by atoms with van der Waals surface area (Å²) in [4.78, 5) is 0. The lowest BCUT2D eigenvalue weighted by atomic mass is 10.0. The molecule has 0 aromatic heterocycles. The van der Waals surface area contributed by atoms with Crippen molar-refractivity contribution < 1.29 is 4.74 Å². The minimum atomic E-state index is 0.360. The van der Waals surface area contributed by atoms with E-state index in [1.807, 2.05) is 12.1 Å². The largest absolute Gasteiger partial charge is 0.492 e. The number of hydrogen-bond donors (Lipinski definition) is 1. The molecule has 0 spiro atoms. The van der Waals surface area contributed by atoms with Crippen LogP contribution in [0.3, 0.4) is 0 Å². The van der Waals surface area contributed by atoms with Crippen LogP contribution < -0.4 is 10.1 Å². The van der Waals surface area contributed by atoms with E-state index < -0.39 is 0 Å². The molecule has 1 heterocycles. The van der Waals surface area contributed by atoms with Crippen molar-refractivity contribution in [2.45, 2.75) is 25.8 Å². The van der Waals surface area contributed by atoms with Gasteiger partial charge >= 0.3 is 0 Å². The van der Waals surface area contributed by atoms with Crippen LogP contribution in [0.1, 0.15) is 31.4 Å². The number of halogens is 2. The van der Waals surface area contributed by atoms with Crippen LogP contribution in [0.2, 0.25) is 5.02 Å². The number of benzene rings is 1. The average Bonchev–Trinajstić information content (AvgIpc) is 2.26. The second-order valence-electron chi connectivity index (χ2n) is 3.95. The summed E-state index contributed by atoms with van der Waals surface area (Å²) < 4.78 is 6.62. The zero-order valence-corrected chi connectivity index (χ0v) is 11.6. The van der Waals surface area contributed by atoms with Crippen molar-refractivity contribution in [3.05, 3.63) is 27.2 Å². The highest BCUT2D eigenvalue weighted by Gasteiger charge is 2.23. The van der Waals surface area contributed by atoms with Gasteiger partial charge in [-0.1, -0.05) is 18.5 Å². The van der Waals surface area contributed by atoms with Gasteiger partial charge in [-0.05, 0) is 41.0 Å². The van der Waals surface area contributed by atoms with Gasteiger partial charge in [-0.15, -0.1) is 0 Å². The van der Waals surface area contributed by atoms with E-state index in [1.54, 1.807) is 0 Å². The Morgan fingerprint density at radius 2 is 2.38 bits per heavy atom. The first kappa shape index (κ1) is 12.2. The van der Waals surface area contributed by atoms with Gasteiger partial charge in [0.25, 0.3) is 0 Å². The lowest BCUT2D eigenvalue weighted by molar-refractivity contribution is 0.251. The van der Waals surface area contributed by atoms with Crippen LogP contribution in [0.4, 0.5) is 0 Å². The van der Waals surface area contributed by atoms with Crippen molar-refractivity contribution in [3.8, 4) is 5.75 Å². The highest BCUT2D eigenvalue weighted by atomic mass is 79.9. The summed E-state index contributed by atoms with van der Waals surface area (Å²) in [5, 5.41) is 4.27. The van der Waals surface area contributed by atoms with Crippen LogP contribution in [-0.2, 0) is 0 Å². The quantitative estimate of drug-likeness (QED) is 0.913. The maximum atomic E-state index is 6.07. The smallest absolute Gasteiger partial charge is 0.138 e. The lowest BCUT2D eigenvalue weighted by Crippen LogP contribution is -2.27. The van der Waals surface area contributed by atoms with Crippen molar-refractivity contribution in [2.75, 3.05) is 13.2 Å². The van der Waals surface area contributed by atoms with Gasteiger partial charge in [0.15, 0.2) is 0 Å². The maximum absolute atomic E-state index is 6.07. The fraction of sp³-hybridized carbons (Fsp3) is 0.500. The molecule has 1 N–H and O–H groups in total. The Morgan fingerprint density at radius 3 is 3.12 bits per heavy atom. The van der Waals surface area contributed by atoms with Crippen LogP contribution in [0.25, 0.3) is 0 Å². The summed E-state index contributed by atoms with van der Waals surface area (Å²) in [6.45, 7) is 3.95. The number of rotatable bonds is 3. The lowest BCUT2D eigenvalue weighted by Gasteiger charge is -2.27. The molecule has 0 radical (unpaired) electrons. The van der Waals surface area contributed by atoms with E-state index in [-0.39, 0.29) is 0 Å². The molecule has 1 aromatic rings. The highest BCUT2D eigenvalue weighted by Crippen LogP contribution is 2.39. The minimum Gasteiger partial charge on any atom is -0.492 e. The number of nitrogens with one attached hydrogen (secondary N) is 1. The molecule has 0 aliphatic carbocycles. The van der Waals surface area contributed by atoms with E-state index in [0.717, 1.165) is 41.2 Å². The van der Waals surface area contributed by atoms with Gasteiger partial charge < -0.3 is 10.1 Å². The first-order chi connectivity index (χ1) is 7.72. The van der Waals surface area contributed by atoms with Crippen molar-refractivity contribution in [3.63, 3.8) is 0 Å². The Hall–Kier alpha value is -0.250. The van der Waals surface area contributed by atoms with Crippen molar-refractivity contribution in [2.24, 2.45) is 0 Å². The second kappa shape index (κ2) is 5.39. The molecule has 4 heteroatoms. The molecular weight excluding hydrogens is 289 g/mol. The highest BCUT2D eigenvalue weighted by molar-refractivity contribution is 9.10. The molecule has 2 nitrogen and oxygen atoms in total. The van der Waals surface area contributed by atoms with Crippen LogP contribution in [0, 0.1) is 0 Å². The second-order valence-corrected chi connectivity index (χ2v) is 5.24. The normalized spacial score (nSPS) is 19.1. The van der Waals surface area contributed by atoms with Gasteiger partial charge in [0, 0.05) is 23.0 Å². The Balaban J connectivity index is 2.30. The van der Waals surface area contributed by atoms with E-state index in [0.29, 0.717) is 6.04 Å². The van der Waals surface area contributed by atoms with Gasteiger partial charge in [0.1, 0.15) is 5.75 Å². The molecular formula is C12H15BrClNO. The van der Waals surface area contributed by atoms with Crippen LogP contribution in [0.5, 0.6) is 5.75 Å². The number of hydrogen-bond acceptors (Lipinski definition) is 2. The summed E-state index contributed by atoms with van der Waals surface area (Å²) in [6.07, 6.45) is 2.13. The molecule has 1 atom stereocenters. The minimum absolute atomic E-state index is 0.360. The molecule has 16 heavy (non-hydrogen) atoms. The molecule has 1 aliphatic rings. The summed E-state index contributed by atoms with van der Waals surface area (Å²) in [5.41, 5.74) is 1.17. The van der Waals surface area contributed by atoms with Crippen LogP contribution in [-0.4, -0.2) is 13.2 Å². The number of ether oxygens (including phenoxy) is 1. The van der Waals surface area contributed by atoms with Gasteiger partial charge in [0.05, 0.1) is 11.1 Å². The SMILES string of the molecule is CCCNC1CCOc2c(Br)cc(Cl)cc21. The Kier molecular flexibility index (Phi) is 4.11. The third-order valence-electron chi connectivity index (χ3n) is 2.71. The molecule has 2 rings (SSSR count). The molecule has 1 unspecified atom stereocenters.